The minimum Gasteiger partial charge on any atom is -0.384 e. The van der Waals surface area contributed by atoms with Crippen molar-refractivity contribution in [2.24, 2.45) is 16.6 Å². The van der Waals surface area contributed by atoms with Crippen molar-refractivity contribution in [3.63, 3.8) is 0 Å². The van der Waals surface area contributed by atoms with Crippen molar-refractivity contribution in [1.82, 2.24) is 5.32 Å². The Morgan fingerprint density at radius 3 is 2.20 bits per heavy atom. The van der Waals surface area contributed by atoms with Crippen LogP contribution in [0.5, 0.6) is 0 Å². The highest BCUT2D eigenvalue weighted by atomic mass is 16.5. The van der Waals surface area contributed by atoms with Gasteiger partial charge in [0.15, 0.2) is 0 Å². The Morgan fingerprint density at radius 2 is 1.70 bits per heavy atom. The molecule has 0 radical (unpaired) electrons. The summed E-state index contributed by atoms with van der Waals surface area (Å²) in [5.41, 5.74) is 5.12. The smallest absolute Gasteiger partial charge is 0.220 e. The predicted octanol–water partition coefficient (Wildman–Crippen LogP) is 1.85. The minimum atomic E-state index is -0.362. The maximum absolute atomic E-state index is 11.7. The molecule has 0 saturated heterocycles. The van der Waals surface area contributed by atoms with Crippen molar-refractivity contribution in [1.29, 1.82) is 0 Å². The van der Waals surface area contributed by atoms with E-state index in [0.29, 0.717) is 26.0 Å². The van der Waals surface area contributed by atoms with Crippen LogP contribution < -0.4 is 11.1 Å². The third-order valence-corrected chi connectivity index (χ3v) is 3.08. The molecule has 0 aromatic carbocycles. The van der Waals surface area contributed by atoms with Gasteiger partial charge in [-0.2, -0.15) is 0 Å². The molecule has 20 heavy (non-hydrogen) atoms. The molecule has 0 aromatic rings. The summed E-state index contributed by atoms with van der Waals surface area (Å²) in [6, 6.07) is 0. The van der Waals surface area contributed by atoms with Crippen LogP contribution in [-0.2, 0) is 14.3 Å². The van der Waals surface area contributed by atoms with Gasteiger partial charge in [-0.15, -0.1) is 0 Å². The molecule has 0 atom stereocenters. The van der Waals surface area contributed by atoms with E-state index in [1.807, 2.05) is 0 Å². The highest BCUT2D eigenvalue weighted by Crippen LogP contribution is 2.33. The van der Waals surface area contributed by atoms with Gasteiger partial charge in [0, 0.05) is 26.5 Å². The van der Waals surface area contributed by atoms with Crippen molar-refractivity contribution in [3.05, 3.63) is 0 Å². The summed E-state index contributed by atoms with van der Waals surface area (Å²) in [6.45, 7) is 9.90. The highest BCUT2D eigenvalue weighted by Gasteiger charge is 2.29. The fourth-order valence-corrected chi connectivity index (χ4v) is 2.65. The van der Waals surface area contributed by atoms with Crippen LogP contribution in [0.15, 0.2) is 0 Å². The van der Waals surface area contributed by atoms with E-state index >= 15 is 0 Å². The van der Waals surface area contributed by atoms with Crippen LogP contribution in [-0.4, -0.2) is 32.1 Å². The molecule has 0 aliphatic rings. The number of rotatable bonds is 10. The molecule has 0 spiro atoms. The zero-order chi connectivity index (χ0) is 15.8. The Bertz CT molecular complexity index is 325. The second-order valence-electron chi connectivity index (χ2n) is 7.03. The van der Waals surface area contributed by atoms with Gasteiger partial charge in [-0.25, -0.2) is 0 Å². The van der Waals surface area contributed by atoms with E-state index in [1.165, 1.54) is 0 Å². The van der Waals surface area contributed by atoms with Crippen molar-refractivity contribution in [3.8, 4) is 0 Å². The first-order valence-corrected chi connectivity index (χ1v) is 7.12. The number of nitrogens with one attached hydrogen (secondary N) is 1. The lowest BCUT2D eigenvalue weighted by Gasteiger charge is -2.34. The number of ether oxygens (including phenoxy) is 1. The number of hydrogen-bond acceptors (Lipinski definition) is 3. The molecule has 0 saturated carbocycles. The number of carbonyl (C=O) groups excluding carboxylic acids is 2. The summed E-state index contributed by atoms with van der Waals surface area (Å²) in [5, 5.41) is 2.93. The normalized spacial score (nSPS) is 12.2. The van der Waals surface area contributed by atoms with Gasteiger partial charge in [-0.1, -0.05) is 27.7 Å². The third kappa shape index (κ3) is 9.78. The van der Waals surface area contributed by atoms with Gasteiger partial charge < -0.3 is 15.8 Å². The van der Waals surface area contributed by atoms with E-state index in [-0.39, 0.29) is 29.1 Å². The largest absolute Gasteiger partial charge is 0.384 e. The number of carbonyl (C=O) groups is 2. The topological polar surface area (TPSA) is 81.4 Å². The fourth-order valence-electron chi connectivity index (χ4n) is 2.65. The van der Waals surface area contributed by atoms with E-state index in [0.717, 1.165) is 6.42 Å². The third-order valence-electron chi connectivity index (χ3n) is 3.08. The fraction of sp³-hybridized carbons (Fsp3) is 0.867. The Balaban J connectivity index is 4.08. The molecular formula is C15H30N2O3. The number of primary amides is 1. The SMILES string of the molecule is COCC(C)(C)CC(C)(C)CNC(=O)CCCC(N)=O. The lowest BCUT2D eigenvalue weighted by Crippen LogP contribution is -2.37. The Morgan fingerprint density at radius 1 is 1.10 bits per heavy atom. The van der Waals surface area contributed by atoms with E-state index in [2.05, 4.69) is 33.0 Å². The summed E-state index contributed by atoms with van der Waals surface area (Å²) in [4.78, 5) is 22.3. The van der Waals surface area contributed by atoms with Gasteiger partial charge in [0.25, 0.3) is 0 Å². The quantitative estimate of drug-likeness (QED) is 0.643. The van der Waals surface area contributed by atoms with Gasteiger partial charge in [0.05, 0.1) is 6.61 Å². The maximum atomic E-state index is 11.7. The summed E-state index contributed by atoms with van der Waals surface area (Å²) in [5.74, 6) is -0.386. The molecule has 0 rings (SSSR count). The van der Waals surface area contributed by atoms with Crippen LogP contribution in [0.3, 0.4) is 0 Å². The van der Waals surface area contributed by atoms with Gasteiger partial charge >= 0.3 is 0 Å². The summed E-state index contributed by atoms with van der Waals surface area (Å²) >= 11 is 0. The molecular weight excluding hydrogens is 256 g/mol. The van der Waals surface area contributed by atoms with Crippen molar-refractivity contribution >= 4 is 11.8 Å². The molecule has 0 aliphatic carbocycles. The maximum Gasteiger partial charge on any atom is 0.220 e. The Labute approximate surface area is 122 Å². The molecule has 3 N–H and O–H groups in total. The van der Waals surface area contributed by atoms with Gasteiger partial charge in [0.1, 0.15) is 0 Å². The van der Waals surface area contributed by atoms with Crippen LogP contribution in [0.1, 0.15) is 53.4 Å². The predicted molar refractivity (Wildman–Crippen MR) is 80.1 cm³/mol. The van der Waals surface area contributed by atoms with Crippen molar-refractivity contribution in [2.45, 2.75) is 53.4 Å². The number of hydrogen-bond donors (Lipinski definition) is 2. The van der Waals surface area contributed by atoms with E-state index < -0.39 is 0 Å². The second-order valence-corrected chi connectivity index (χ2v) is 7.03. The number of methoxy groups -OCH3 is 1. The van der Waals surface area contributed by atoms with Gasteiger partial charge in [-0.05, 0) is 23.7 Å². The molecule has 2 amide bonds. The Hall–Kier alpha value is -1.10. The molecule has 0 fully saturated rings. The zero-order valence-electron chi connectivity index (χ0n) is 13.5. The molecule has 5 heteroatoms. The first kappa shape index (κ1) is 18.9. The molecule has 118 valence electrons. The van der Waals surface area contributed by atoms with Crippen LogP contribution in [0.2, 0.25) is 0 Å². The van der Waals surface area contributed by atoms with E-state index in [1.54, 1.807) is 7.11 Å². The van der Waals surface area contributed by atoms with E-state index in [9.17, 15) is 9.59 Å². The van der Waals surface area contributed by atoms with Crippen LogP contribution in [0.25, 0.3) is 0 Å². The lowest BCUT2D eigenvalue weighted by molar-refractivity contribution is -0.122. The van der Waals surface area contributed by atoms with Gasteiger partial charge in [0.2, 0.25) is 11.8 Å². The van der Waals surface area contributed by atoms with Gasteiger partial charge in [-0.3, -0.25) is 9.59 Å². The molecule has 5 nitrogen and oxygen atoms in total. The number of nitrogens with two attached hydrogens (primary N) is 1. The average molecular weight is 286 g/mol. The van der Waals surface area contributed by atoms with Crippen molar-refractivity contribution < 1.29 is 14.3 Å². The molecule has 0 aromatic heterocycles. The standard InChI is InChI=1S/C15H30N2O3/c1-14(2,9-15(3,4)11-20-5)10-17-13(19)8-6-7-12(16)18/h6-11H2,1-5H3,(H2,16,18)(H,17,19). The monoisotopic (exact) mass is 286 g/mol. The van der Waals surface area contributed by atoms with Crippen LogP contribution >= 0.6 is 0 Å². The summed E-state index contributed by atoms with van der Waals surface area (Å²) in [7, 11) is 1.70. The van der Waals surface area contributed by atoms with E-state index in [4.69, 9.17) is 10.5 Å². The van der Waals surface area contributed by atoms with Crippen LogP contribution in [0.4, 0.5) is 0 Å². The molecule has 0 heterocycles. The molecule has 0 bridgehead atoms. The van der Waals surface area contributed by atoms with Crippen molar-refractivity contribution in [2.75, 3.05) is 20.3 Å². The summed E-state index contributed by atoms with van der Waals surface area (Å²) < 4.78 is 5.22. The minimum absolute atomic E-state index is 0.00137. The Kier molecular flexibility index (Phi) is 7.79. The number of amides is 2. The molecule has 0 aliphatic heterocycles. The first-order chi connectivity index (χ1) is 9.08. The average Bonchev–Trinajstić information content (AvgIpc) is 2.24. The lowest BCUT2D eigenvalue weighted by atomic mass is 9.75. The first-order valence-electron chi connectivity index (χ1n) is 7.12. The second kappa shape index (κ2) is 8.25. The van der Waals surface area contributed by atoms with Crippen LogP contribution in [0, 0.1) is 10.8 Å². The zero-order valence-corrected chi connectivity index (χ0v) is 13.5. The summed E-state index contributed by atoms with van der Waals surface area (Å²) in [6.07, 6.45) is 2.07. The molecule has 0 unspecified atom stereocenters. The highest BCUT2D eigenvalue weighted by molar-refractivity contribution is 5.77.